The van der Waals surface area contributed by atoms with Crippen LogP contribution in [0.2, 0.25) is 0 Å². The molecule has 1 heterocycles. The molecule has 0 aliphatic rings. The number of aromatic amines is 1. The minimum absolute atomic E-state index is 0.0780. The van der Waals surface area contributed by atoms with Crippen molar-refractivity contribution in [2.75, 3.05) is 5.75 Å². The second kappa shape index (κ2) is 7.68. The summed E-state index contributed by atoms with van der Waals surface area (Å²) in [7, 11) is 0. The van der Waals surface area contributed by atoms with E-state index in [1.807, 2.05) is 0 Å². The number of hydrogen-bond donors (Lipinski definition) is 2. The Labute approximate surface area is 140 Å². The standard InChI is InChI=1S/C14H14FN5O3S/c1-8(10-3-5-11(15)6-4-10)18-19-12(21)7-24-14-13(20(22)23)16-9(2)17-14/h3-6H,7H2,1-2H3,(H,16,17)(H,19,21). The topological polar surface area (TPSA) is 113 Å². The number of carbonyl (C=O) groups excluding carboxylic acids is 1. The first kappa shape index (κ1) is 17.6. The summed E-state index contributed by atoms with van der Waals surface area (Å²) in [5, 5.41) is 14.9. The second-order valence-corrected chi connectivity index (χ2v) is 5.72. The van der Waals surface area contributed by atoms with Crippen LogP contribution in [0.25, 0.3) is 0 Å². The fraction of sp³-hybridized carbons (Fsp3) is 0.214. The summed E-state index contributed by atoms with van der Waals surface area (Å²) in [5.74, 6) is -0.712. The third kappa shape index (κ3) is 4.62. The van der Waals surface area contributed by atoms with E-state index in [-0.39, 0.29) is 22.4 Å². The van der Waals surface area contributed by atoms with Crippen LogP contribution in [-0.2, 0) is 4.79 Å². The maximum absolute atomic E-state index is 12.8. The van der Waals surface area contributed by atoms with Crippen molar-refractivity contribution in [2.24, 2.45) is 5.10 Å². The van der Waals surface area contributed by atoms with E-state index in [0.717, 1.165) is 11.8 Å². The van der Waals surface area contributed by atoms with Gasteiger partial charge in [-0.1, -0.05) is 23.9 Å². The predicted molar refractivity (Wildman–Crippen MR) is 87.5 cm³/mol. The molecule has 24 heavy (non-hydrogen) atoms. The van der Waals surface area contributed by atoms with E-state index in [1.54, 1.807) is 26.0 Å². The van der Waals surface area contributed by atoms with E-state index in [1.165, 1.54) is 12.1 Å². The quantitative estimate of drug-likeness (QED) is 0.359. The number of nitro groups is 1. The number of rotatable bonds is 6. The average Bonchev–Trinajstić information content (AvgIpc) is 2.92. The van der Waals surface area contributed by atoms with Gasteiger partial charge >= 0.3 is 5.82 Å². The number of nitrogens with zero attached hydrogens (tertiary/aromatic N) is 3. The van der Waals surface area contributed by atoms with Crippen LogP contribution in [0.1, 0.15) is 18.3 Å². The maximum atomic E-state index is 12.8. The van der Waals surface area contributed by atoms with E-state index in [2.05, 4.69) is 20.5 Å². The zero-order valence-corrected chi connectivity index (χ0v) is 13.7. The molecule has 1 aromatic carbocycles. The third-order valence-corrected chi connectivity index (χ3v) is 3.87. The van der Waals surface area contributed by atoms with Gasteiger partial charge in [-0.05, 0) is 29.5 Å². The van der Waals surface area contributed by atoms with Crippen LogP contribution in [-0.4, -0.2) is 32.3 Å². The van der Waals surface area contributed by atoms with Crippen LogP contribution < -0.4 is 5.43 Å². The smallest absolute Gasteiger partial charge is 0.354 e. The number of imidazole rings is 1. The Morgan fingerprint density at radius 2 is 2.12 bits per heavy atom. The molecule has 0 saturated heterocycles. The fourth-order valence-corrected chi connectivity index (χ4v) is 2.55. The average molecular weight is 351 g/mol. The number of nitrogens with one attached hydrogen (secondary N) is 2. The number of amides is 1. The molecule has 0 radical (unpaired) electrons. The highest BCUT2D eigenvalue weighted by Gasteiger charge is 2.19. The van der Waals surface area contributed by atoms with Crippen LogP contribution in [0.4, 0.5) is 10.2 Å². The molecule has 0 aliphatic heterocycles. The number of aromatic nitrogens is 2. The molecule has 2 N–H and O–H groups in total. The van der Waals surface area contributed by atoms with Crippen molar-refractivity contribution in [3.63, 3.8) is 0 Å². The molecule has 1 amide bonds. The Morgan fingerprint density at radius 3 is 2.75 bits per heavy atom. The number of H-pyrrole nitrogens is 1. The molecule has 2 aromatic rings. The van der Waals surface area contributed by atoms with Gasteiger partial charge in [0, 0.05) is 6.92 Å². The van der Waals surface area contributed by atoms with Crippen LogP contribution in [0.5, 0.6) is 0 Å². The molecular formula is C14H14FN5O3S. The van der Waals surface area contributed by atoms with Crippen molar-refractivity contribution in [1.82, 2.24) is 15.4 Å². The summed E-state index contributed by atoms with van der Waals surface area (Å²) in [6.45, 7) is 3.26. The van der Waals surface area contributed by atoms with Gasteiger partial charge in [0.05, 0.1) is 11.5 Å². The maximum Gasteiger partial charge on any atom is 0.354 e. The van der Waals surface area contributed by atoms with E-state index in [9.17, 15) is 19.3 Å². The van der Waals surface area contributed by atoms with E-state index >= 15 is 0 Å². The molecule has 0 fully saturated rings. The molecule has 126 valence electrons. The van der Waals surface area contributed by atoms with Gasteiger partial charge in [-0.3, -0.25) is 4.79 Å². The zero-order valence-electron chi connectivity index (χ0n) is 12.9. The van der Waals surface area contributed by atoms with Gasteiger partial charge in [0.15, 0.2) is 10.9 Å². The zero-order chi connectivity index (χ0) is 17.7. The van der Waals surface area contributed by atoms with Crippen LogP contribution in [0.15, 0.2) is 34.4 Å². The third-order valence-electron chi connectivity index (χ3n) is 2.90. The van der Waals surface area contributed by atoms with Crippen molar-refractivity contribution in [1.29, 1.82) is 0 Å². The van der Waals surface area contributed by atoms with E-state index in [4.69, 9.17) is 0 Å². The first-order chi connectivity index (χ1) is 11.4. The first-order valence-electron chi connectivity index (χ1n) is 6.79. The summed E-state index contributed by atoms with van der Waals surface area (Å²) in [6, 6.07) is 5.69. The lowest BCUT2D eigenvalue weighted by Gasteiger charge is -2.02. The number of carbonyl (C=O) groups is 1. The largest absolute Gasteiger partial charge is 0.358 e. The molecular weight excluding hydrogens is 337 g/mol. The summed E-state index contributed by atoms with van der Waals surface area (Å²) < 4.78 is 12.8. The molecule has 0 unspecified atom stereocenters. The minimum atomic E-state index is -0.586. The summed E-state index contributed by atoms with van der Waals surface area (Å²) in [5.41, 5.74) is 3.53. The highest BCUT2D eigenvalue weighted by atomic mass is 32.2. The minimum Gasteiger partial charge on any atom is -0.358 e. The molecule has 8 nitrogen and oxygen atoms in total. The van der Waals surface area contributed by atoms with Crippen molar-refractivity contribution >= 4 is 29.2 Å². The van der Waals surface area contributed by atoms with Crippen molar-refractivity contribution < 1.29 is 14.1 Å². The SMILES string of the molecule is CC(=NNC(=O)CSc1nc(C)[nH]c1[N+](=O)[O-])c1ccc(F)cc1. The summed E-state index contributed by atoms with van der Waals surface area (Å²) >= 11 is 0.939. The highest BCUT2D eigenvalue weighted by molar-refractivity contribution is 8.00. The lowest BCUT2D eigenvalue weighted by atomic mass is 10.1. The van der Waals surface area contributed by atoms with Crippen molar-refractivity contribution in [3.05, 3.63) is 51.6 Å². The Morgan fingerprint density at radius 1 is 1.46 bits per heavy atom. The van der Waals surface area contributed by atoms with Gasteiger partial charge in [0.25, 0.3) is 0 Å². The summed E-state index contributed by atoms with van der Waals surface area (Å²) in [4.78, 5) is 28.5. The van der Waals surface area contributed by atoms with Gasteiger partial charge in [-0.2, -0.15) is 10.1 Å². The number of aryl methyl sites for hydroxylation is 1. The summed E-state index contributed by atoms with van der Waals surface area (Å²) in [6.07, 6.45) is 0. The Kier molecular flexibility index (Phi) is 5.64. The second-order valence-electron chi connectivity index (χ2n) is 4.76. The number of benzene rings is 1. The number of hydrogen-bond acceptors (Lipinski definition) is 6. The molecule has 0 atom stereocenters. The number of thioether (sulfide) groups is 1. The molecule has 0 saturated carbocycles. The van der Waals surface area contributed by atoms with Gasteiger partial charge in [0.2, 0.25) is 5.91 Å². The van der Waals surface area contributed by atoms with E-state index in [0.29, 0.717) is 17.1 Å². The molecule has 0 aliphatic carbocycles. The molecule has 2 rings (SSSR count). The Balaban J connectivity index is 1.93. The number of halogens is 1. The van der Waals surface area contributed by atoms with Gasteiger partial charge in [-0.25, -0.2) is 14.8 Å². The first-order valence-corrected chi connectivity index (χ1v) is 7.78. The van der Waals surface area contributed by atoms with E-state index < -0.39 is 10.8 Å². The predicted octanol–water partition coefficient (Wildman–Crippen LogP) is 2.40. The monoisotopic (exact) mass is 351 g/mol. The number of hydrazone groups is 1. The Bertz CT molecular complexity index is 788. The van der Waals surface area contributed by atoms with Crippen molar-refractivity contribution in [2.45, 2.75) is 18.9 Å². The molecule has 0 spiro atoms. The molecule has 10 heteroatoms. The lowest BCUT2D eigenvalue weighted by molar-refractivity contribution is -0.392. The van der Waals surface area contributed by atoms with Gasteiger partial charge < -0.3 is 10.1 Å². The van der Waals surface area contributed by atoms with Crippen molar-refractivity contribution in [3.8, 4) is 0 Å². The van der Waals surface area contributed by atoms with Crippen LogP contribution in [0, 0.1) is 22.9 Å². The highest BCUT2D eigenvalue weighted by Crippen LogP contribution is 2.26. The fourth-order valence-electron chi connectivity index (χ4n) is 1.75. The normalized spacial score (nSPS) is 11.4. The van der Waals surface area contributed by atoms with Gasteiger partial charge in [0.1, 0.15) is 5.82 Å². The Hall–Kier alpha value is -2.75. The van der Waals surface area contributed by atoms with Gasteiger partial charge in [-0.15, -0.1) is 0 Å². The molecule has 1 aromatic heterocycles. The lowest BCUT2D eigenvalue weighted by Crippen LogP contribution is -2.21. The van der Waals surface area contributed by atoms with Crippen LogP contribution >= 0.6 is 11.8 Å². The molecule has 0 bridgehead atoms. The van der Waals surface area contributed by atoms with Crippen LogP contribution in [0.3, 0.4) is 0 Å².